The second-order valence-corrected chi connectivity index (χ2v) is 7.20. The van der Waals surface area contributed by atoms with Crippen molar-refractivity contribution in [1.29, 1.82) is 0 Å². The molecule has 1 aromatic carbocycles. The fraction of sp³-hybridized carbons (Fsp3) is 0.450. The molecule has 0 radical (unpaired) electrons. The third-order valence-electron chi connectivity index (χ3n) is 4.83. The van der Waals surface area contributed by atoms with E-state index in [1.165, 1.54) is 5.56 Å². The molecular formula is C20H26N4O. The number of hydrogen-bond donors (Lipinski definition) is 0. The Morgan fingerprint density at radius 1 is 1.00 bits per heavy atom. The number of hydrogen-bond acceptors (Lipinski definition) is 4. The lowest BCUT2D eigenvalue weighted by molar-refractivity contribution is -0.132. The SMILES string of the molecule is CC(C)(CC(=O)N1CCCN(c2ncccn2)CC1)c1ccccc1. The number of rotatable bonds is 4. The van der Waals surface area contributed by atoms with Gasteiger partial charge in [-0.05, 0) is 23.5 Å². The zero-order chi connectivity index (χ0) is 17.7. The number of nitrogens with zero attached hydrogens (tertiary/aromatic N) is 4. The van der Waals surface area contributed by atoms with Crippen molar-refractivity contribution in [2.24, 2.45) is 0 Å². The van der Waals surface area contributed by atoms with Crippen LogP contribution >= 0.6 is 0 Å². The van der Waals surface area contributed by atoms with Crippen LogP contribution in [0.1, 0.15) is 32.3 Å². The van der Waals surface area contributed by atoms with Gasteiger partial charge in [0.05, 0.1) is 0 Å². The van der Waals surface area contributed by atoms with Crippen molar-refractivity contribution >= 4 is 11.9 Å². The molecule has 1 aliphatic heterocycles. The first-order valence-corrected chi connectivity index (χ1v) is 8.91. The average molecular weight is 338 g/mol. The lowest BCUT2D eigenvalue weighted by Crippen LogP contribution is -2.38. The van der Waals surface area contributed by atoms with Crippen molar-refractivity contribution in [3.63, 3.8) is 0 Å². The Hall–Kier alpha value is -2.43. The summed E-state index contributed by atoms with van der Waals surface area (Å²) in [6.45, 7) is 7.47. The van der Waals surface area contributed by atoms with Gasteiger partial charge >= 0.3 is 0 Å². The number of benzene rings is 1. The van der Waals surface area contributed by atoms with E-state index in [0.29, 0.717) is 6.42 Å². The minimum atomic E-state index is -0.160. The highest BCUT2D eigenvalue weighted by Crippen LogP contribution is 2.27. The van der Waals surface area contributed by atoms with Crippen LogP contribution in [0.5, 0.6) is 0 Å². The Bertz CT molecular complexity index is 687. The van der Waals surface area contributed by atoms with E-state index in [9.17, 15) is 4.79 Å². The minimum absolute atomic E-state index is 0.160. The van der Waals surface area contributed by atoms with E-state index in [1.54, 1.807) is 12.4 Å². The van der Waals surface area contributed by atoms with Crippen molar-refractivity contribution in [2.75, 3.05) is 31.1 Å². The lowest BCUT2D eigenvalue weighted by atomic mass is 9.81. The summed E-state index contributed by atoms with van der Waals surface area (Å²) in [4.78, 5) is 25.7. The lowest BCUT2D eigenvalue weighted by Gasteiger charge is -2.29. The van der Waals surface area contributed by atoms with Crippen LogP contribution < -0.4 is 4.90 Å². The molecule has 1 fully saturated rings. The molecule has 0 unspecified atom stereocenters. The molecular weight excluding hydrogens is 312 g/mol. The summed E-state index contributed by atoms with van der Waals surface area (Å²) in [6, 6.07) is 12.1. The van der Waals surface area contributed by atoms with E-state index in [-0.39, 0.29) is 11.3 Å². The van der Waals surface area contributed by atoms with Crippen molar-refractivity contribution in [2.45, 2.75) is 32.1 Å². The molecule has 1 saturated heterocycles. The summed E-state index contributed by atoms with van der Waals surface area (Å²) in [7, 11) is 0. The summed E-state index contributed by atoms with van der Waals surface area (Å²) in [5, 5.41) is 0. The third-order valence-corrected chi connectivity index (χ3v) is 4.83. The van der Waals surface area contributed by atoms with E-state index in [4.69, 9.17) is 0 Å². The van der Waals surface area contributed by atoms with Gasteiger partial charge in [0.25, 0.3) is 0 Å². The Balaban J connectivity index is 1.61. The molecule has 0 N–H and O–H groups in total. The molecule has 1 aromatic heterocycles. The second-order valence-electron chi connectivity index (χ2n) is 7.20. The van der Waals surface area contributed by atoms with Gasteiger partial charge in [0.2, 0.25) is 11.9 Å². The molecule has 0 aliphatic carbocycles. The molecule has 5 heteroatoms. The summed E-state index contributed by atoms with van der Waals surface area (Å²) in [6.07, 6.45) is 4.99. The van der Waals surface area contributed by atoms with Crippen LogP contribution in [0.25, 0.3) is 0 Å². The number of anilines is 1. The maximum Gasteiger partial charge on any atom is 0.225 e. The molecule has 2 aromatic rings. The van der Waals surface area contributed by atoms with Gasteiger partial charge in [0.15, 0.2) is 0 Å². The van der Waals surface area contributed by atoms with Crippen LogP contribution in [0, 0.1) is 0 Å². The van der Waals surface area contributed by atoms with Crippen molar-refractivity contribution in [3.05, 3.63) is 54.4 Å². The van der Waals surface area contributed by atoms with Gasteiger partial charge < -0.3 is 9.80 Å². The highest BCUT2D eigenvalue weighted by molar-refractivity contribution is 5.78. The number of aromatic nitrogens is 2. The predicted octanol–water partition coefficient (Wildman–Crippen LogP) is 2.88. The number of carbonyl (C=O) groups excluding carboxylic acids is 1. The van der Waals surface area contributed by atoms with Gasteiger partial charge in [-0.1, -0.05) is 44.2 Å². The Morgan fingerprint density at radius 3 is 2.44 bits per heavy atom. The molecule has 132 valence electrons. The largest absolute Gasteiger partial charge is 0.341 e. The molecule has 3 rings (SSSR count). The van der Waals surface area contributed by atoms with Gasteiger partial charge in [-0.25, -0.2) is 9.97 Å². The van der Waals surface area contributed by atoms with Gasteiger partial charge in [-0.3, -0.25) is 4.79 Å². The molecule has 5 nitrogen and oxygen atoms in total. The van der Waals surface area contributed by atoms with Crippen LogP contribution in [-0.2, 0) is 10.2 Å². The topological polar surface area (TPSA) is 49.3 Å². The van der Waals surface area contributed by atoms with Crippen molar-refractivity contribution < 1.29 is 4.79 Å². The molecule has 2 heterocycles. The van der Waals surface area contributed by atoms with E-state index in [1.807, 2.05) is 29.2 Å². The van der Waals surface area contributed by atoms with E-state index >= 15 is 0 Å². The standard InChI is InChI=1S/C20H26N4O/c1-20(2,17-8-4-3-5-9-17)16-18(25)23-12-7-13-24(15-14-23)19-21-10-6-11-22-19/h3-6,8-11H,7,12-16H2,1-2H3. The Morgan fingerprint density at radius 2 is 1.72 bits per heavy atom. The van der Waals surface area contributed by atoms with Crippen LogP contribution in [0.15, 0.2) is 48.8 Å². The van der Waals surface area contributed by atoms with E-state index < -0.39 is 0 Å². The summed E-state index contributed by atoms with van der Waals surface area (Å²) < 4.78 is 0. The minimum Gasteiger partial charge on any atom is -0.341 e. The second kappa shape index (κ2) is 7.64. The van der Waals surface area contributed by atoms with Gasteiger partial charge in [-0.15, -0.1) is 0 Å². The monoisotopic (exact) mass is 338 g/mol. The van der Waals surface area contributed by atoms with Crippen LogP contribution in [0.3, 0.4) is 0 Å². The zero-order valence-electron chi connectivity index (χ0n) is 15.1. The van der Waals surface area contributed by atoms with Crippen molar-refractivity contribution in [1.82, 2.24) is 14.9 Å². The smallest absolute Gasteiger partial charge is 0.225 e. The maximum absolute atomic E-state index is 12.9. The quantitative estimate of drug-likeness (QED) is 0.860. The number of amides is 1. The highest BCUT2D eigenvalue weighted by Gasteiger charge is 2.28. The molecule has 25 heavy (non-hydrogen) atoms. The zero-order valence-corrected chi connectivity index (χ0v) is 15.1. The third kappa shape index (κ3) is 4.35. The maximum atomic E-state index is 12.9. The first-order chi connectivity index (χ1) is 12.1. The molecule has 0 bridgehead atoms. The van der Waals surface area contributed by atoms with Gasteiger partial charge in [-0.2, -0.15) is 0 Å². The summed E-state index contributed by atoms with van der Waals surface area (Å²) in [5.74, 6) is 0.978. The van der Waals surface area contributed by atoms with Crippen LogP contribution in [0.4, 0.5) is 5.95 Å². The summed E-state index contributed by atoms with van der Waals surface area (Å²) in [5.41, 5.74) is 1.05. The fourth-order valence-electron chi connectivity index (χ4n) is 3.30. The predicted molar refractivity (Wildman–Crippen MR) is 99.5 cm³/mol. The number of carbonyl (C=O) groups is 1. The highest BCUT2D eigenvalue weighted by atomic mass is 16.2. The normalized spacial score (nSPS) is 15.8. The van der Waals surface area contributed by atoms with Gasteiger partial charge in [0, 0.05) is 45.0 Å². The summed E-state index contributed by atoms with van der Waals surface area (Å²) >= 11 is 0. The molecule has 1 amide bonds. The van der Waals surface area contributed by atoms with E-state index in [0.717, 1.165) is 38.5 Å². The average Bonchev–Trinajstić information content (AvgIpc) is 2.89. The first-order valence-electron chi connectivity index (χ1n) is 8.91. The van der Waals surface area contributed by atoms with Gasteiger partial charge in [0.1, 0.15) is 0 Å². The molecule has 0 atom stereocenters. The van der Waals surface area contributed by atoms with Crippen molar-refractivity contribution in [3.8, 4) is 0 Å². The Labute approximate surface area is 149 Å². The van der Waals surface area contributed by atoms with E-state index in [2.05, 4.69) is 40.8 Å². The molecule has 0 saturated carbocycles. The van der Waals surface area contributed by atoms with Crippen LogP contribution in [-0.4, -0.2) is 47.0 Å². The van der Waals surface area contributed by atoms with Crippen LogP contribution in [0.2, 0.25) is 0 Å². The Kier molecular flexibility index (Phi) is 5.31. The first kappa shape index (κ1) is 17.4. The molecule has 0 spiro atoms. The molecule has 1 aliphatic rings. The fourth-order valence-corrected chi connectivity index (χ4v) is 3.30.